The van der Waals surface area contributed by atoms with Crippen LogP contribution in [0.5, 0.6) is 5.75 Å². The van der Waals surface area contributed by atoms with E-state index in [2.05, 4.69) is 21.1 Å². The molecule has 0 radical (unpaired) electrons. The predicted molar refractivity (Wildman–Crippen MR) is 74.3 cm³/mol. The molecule has 3 nitrogen and oxygen atoms in total. The molecule has 0 aliphatic carbocycles. The first-order chi connectivity index (χ1) is 8.78. The van der Waals surface area contributed by atoms with Crippen molar-refractivity contribution in [2.75, 3.05) is 0 Å². The van der Waals surface area contributed by atoms with Gasteiger partial charge in [-0.2, -0.15) is 0 Å². The molecule has 0 spiro atoms. The highest BCUT2D eigenvalue weighted by Crippen LogP contribution is 2.15. The molecule has 18 heavy (non-hydrogen) atoms. The van der Waals surface area contributed by atoms with Gasteiger partial charge in [0.05, 0.1) is 6.21 Å². The van der Waals surface area contributed by atoms with Crippen molar-refractivity contribution >= 4 is 22.1 Å². The van der Waals surface area contributed by atoms with Crippen LogP contribution in [-0.2, 0) is 6.61 Å². The summed E-state index contributed by atoms with van der Waals surface area (Å²) in [6.07, 6.45) is 1.37. The van der Waals surface area contributed by atoms with Crippen LogP contribution in [0.1, 0.15) is 11.1 Å². The van der Waals surface area contributed by atoms with Crippen LogP contribution in [0.15, 0.2) is 58.2 Å². The number of halogens is 1. The average molecular weight is 306 g/mol. The summed E-state index contributed by atoms with van der Waals surface area (Å²) in [4.78, 5) is 0. The van der Waals surface area contributed by atoms with Crippen molar-refractivity contribution in [3.63, 3.8) is 0 Å². The highest BCUT2D eigenvalue weighted by atomic mass is 79.9. The molecule has 0 fully saturated rings. The van der Waals surface area contributed by atoms with Crippen LogP contribution in [0.3, 0.4) is 0 Å². The van der Waals surface area contributed by atoms with Gasteiger partial charge in [0.2, 0.25) is 0 Å². The quantitative estimate of drug-likeness (QED) is 0.530. The first kappa shape index (κ1) is 12.6. The lowest BCUT2D eigenvalue weighted by Gasteiger charge is -2.06. The lowest BCUT2D eigenvalue weighted by Crippen LogP contribution is -1.95. The van der Waals surface area contributed by atoms with Gasteiger partial charge in [0.15, 0.2) is 0 Å². The van der Waals surface area contributed by atoms with Gasteiger partial charge in [-0.25, -0.2) is 0 Å². The summed E-state index contributed by atoms with van der Waals surface area (Å²) in [5.74, 6) is 0.785. The van der Waals surface area contributed by atoms with Gasteiger partial charge in [0.25, 0.3) is 0 Å². The first-order valence-corrected chi connectivity index (χ1v) is 6.22. The molecular formula is C14H12BrNO2. The molecule has 0 amide bonds. The Labute approximate surface area is 114 Å². The molecule has 2 rings (SSSR count). The Morgan fingerprint density at radius 3 is 2.33 bits per heavy atom. The Bertz CT molecular complexity index is 520. The van der Waals surface area contributed by atoms with Crippen LogP contribution in [-0.4, -0.2) is 11.4 Å². The average Bonchev–Trinajstić information content (AvgIpc) is 2.40. The van der Waals surface area contributed by atoms with E-state index in [0.29, 0.717) is 6.61 Å². The van der Waals surface area contributed by atoms with E-state index in [-0.39, 0.29) is 0 Å². The molecule has 2 aromatic carbocycles. The van der Waals surface area contributed by atoms with Crippen LogP contribution in [0, 0.1) is 0 Å². The van der Waals surface area contributed by atoms with Gasteiger partial charge < -0.3 is 9.94 Å². The van der Waals surface area contributed by atoms with Crippen LogP contribution in [0.2, 0.25) is 0 Å². The smallest absolute Gasteiger partial charge is 0.119 e. The van der Waals surface area contributed by atoms with Gasteiger partial charge in [-0.3, -0.25) is 0 Å². The van der Waals surface area contributed by atoms with Crippen molar-refractivity contribution in [3.8, 4) is 5.75 Å². The molecule has 0 atom stereocenters. The second-order valence-electron chi connectivity index (χ2n) is 3.73. The maximum Gasteiger partial charge on any atom is 0.119 e. The number of hydrogen-bond acceptors (Lipinski definition) is 3. The number of nitrogens with zero attached hydrogens (tertiary/aromatic N) is 1. The Hall–Kier alpha value is -1.81. The maximum absolute atomic E-state index is 8.40. The van der Waals surface area contributed by atoms with Crippen molar-refractivity contribution in [2.45, 2.75) is 6.61 Å². The van der Waals surface area contributed by atoms with Crippen LogP contribution >= 0.6 is 15.9 Å². The van der Waals surface area contributed by atoms with E-state index in [0.717, 1.165) is 21.3 Å². The molecule has 0 aliphatic heterocycles. The van der Waals surface area contributed by atoms with Gasteiger partial charge in [-0.15, -0.1) is 0 Å². The molecular weight excluding hydrogens is 294 g/mol. The molecule has 1 N–H and O–H groups in total. The number of hydrogen-bond donors (Lipinski definition) is 1. The zero-order valence-electron chi connectivity index (χ0n) is 9.58. The highest BCUT2D eigenvalue weighted by molar-refractivity contribution is 9.10. The van der Waals surface area contributed by atoms with Gasteiger partial charge >= 0.3 is 0 Å². The van der Waals surface area contributed by atoms with Gasteiger partial charge in [-0.05, 0) is 47.5 Å². The Morgan fingerprint density at radius 2 is 1.72 bits per heavy atom. The van der Waals surface area contributed by atoms with Crippen molar-refractivity contribution in [1.29, 1.82) is 0 Å². The Balaban J connectivity index is 1.95. The van der Waals surface area contributed by atoms with E-state index in [1.165, 1.54) is 6.21 Å². The fourth-order valence-electron chi connectivity index (χ4n) is 1.46. The predicted octanol–water partition coefficient (Wildman–Crippen LogP) is 3.84. The number of ether oxygens (including phenoxy) is 1. The van der Waals surface area contributed by atoms with E-state index in [4.69, 9.17) is 9.94 Å². The van der Waals surface area contributed by atoms with E-state index in [9.17, 15) is 0 Å². The van der Waals surface area contributed by atoms with Crippen LogP contribution in [0.4, 0.5) is 0 Å². The van der Waals surface area contributed by atoms with E-state index >= 15 is 0 Å². The summed E-state index contributed by atoms with van der Waals surface area (Å²) < 4.78 is 6.70. The zero-order valence-corrected chi connectivity index (χ0v) is 11.2. The Morgan fingerprint density at radius 1 is 1.06 bits per heavy atom. The minimum Gasteiger partial charge on any atom is -0.489 e. The molecule has 0 unspecified atom stereocenters. The standard InChI is InChI=1S/C14H12BrNO2/c15-13-5-1-12(2-6-13)10-18-14-7-3-11(4-8-14)9-16-17/h1-9,17H,10H2. The van der Waals surface area contributed by atoms with Crippen LogP contribution < -0.4 is 4.74 Å². The summed E-state index contributed by atoms with van der Waals surface area (Å²) in [6, 6.07) is 15.3. The lowest BCUT2D eigenvalue weighted by atomic mass is 10.2. The molecule has 0 saturated heterocycles. The van der Waals surface area contributed by atoms with Crippen molar-refractivity contribution < 1.29 is 9.94 Å². The summed E-state index contributed by atoms with van der Waals surface area (Å²) in [5.41, 5.74) is 1.94. The highest BCUT2D eigenvalue weighted by Gasteiger charge is 1.96. The van der Waals surface area contributed by atoms with E-state index in [1.807, 2.05) is 48.5 Å². The third-order valence-corrected chi connectivity index (χ3v) is 2.93. The molecule has 92 valence electrons. The fraction of sp³-hybridized carbons (Fsp3) is 0.0714. The monoisotopic (exact) mass is 305 g/mol. The molecule has 0 aliphatic rings. The van der Waals surface area contributed by atoms with Gasteiger partial charge in [0.1, 0.15) is 12.4 Å². The fourth-order valence-corrected chi connectivity index (χ4v) is 1.73. The summed E-state index contributed by atoms with van der Waals surface area (Å²) >= 11 is 3.39. The van der Waals surface area contributed by atoms with Crippen LogP contribution in [0.25, 0.3) is 0 Å². The second kappa shape index (κ2) is 6.21. The number of oxime groups is 1. The molecule has 0 saturated carbocycles. The van der Waals surface area contributed by atoms with E-state index < -0.39 is 0 Å². The molecule has 0 bridgehead atoms. The largest absolute Gasteiger partial charge is 0.489 e. The zero-order chi connectivity index (χ0) is 12.8. The minimum absolute atomic E-state index is 0.528. The third-order valence-electron chi connectivity index (χ3n) is 2.41. The lowest BCUT2D eigenvalue weighted by molar-refractivity contribution is 0.306. The third kappa shape index (κ3) is 3.60. The van der Waals surface area contributed by atoms with Crippen molar-refractivity contribution in [1.82, 2.24) is 0 Å². The molecule has 0 heterocycles. The summed E-state index contributed by atoms with van der Waals surface area (Å²) in [5, 5.41) is 11.4. The normalized spacial score (nSPS) is 10.7. The molecule has 2 aromatic rings. The summed E-state index contributed by atoms with van der Waals surface area (Å²) in [6.45, 7) is 0.528. The topological polar surface area (TPSA) is 41.8 Å². The van der Waals surface area contributed by atoms with Crippen molar-refractivity contribution in [2.24, 2.45) is 5.16 Å². The van der Waals surface area contributed by atoms with E-state index in [1.54, 1.807) is 0 Å². The van der Waals surface area contributed by atoms with Gasteiger partial charge in [-0.1, -0.05) is 33.2 Å². The SMILES string of the molecule is ON=Cc1ccc(OCc2ccc(Br)cc2)cc1. The minimum atomic E-state index is 0.528. The Kier molecular flexibility index (Phi) is 4.36. The van der Waals surface area contributed by atoms with Gasteiger partial charge in [0, 0.05) is 4.47 Å². The van der Waals surface area contributed by atoms with Crippen molar-refractivity contribution in [3.05, 3.63) is 64.1 Å². The summed E-state index contributed by atoms with van der Waals surface area (Å²) in [7, 11) is 0. The molecule has 4 heteroatoms. The number of benzene rings is 2. The first-order valence-electron chi connectivity index (χ1n) is 5.42. The second-order valence-corrected chi connectivity index (χ2v) is 4.64. The number of rotatable bonds is 4. The maximum atomic E-state index is 8.40. The molecule has 0 aromatic heterocycles.